The predicted molar refractivity (Wildman–Crippen MR) is 78.3 cm³/mol. The van der Waals surface area contributed by atoms with Crippen molar-refractivity contribution in [3.8, 4) is 5.69 Å². The Labute approximate surface area is 123 Å². The van der Waals surface area contributed by atoms with Gasteiger partial charge in [0.05, 0.1) is 16.9 Å². The van der Waals surface area contributed by atoms with Crippen molar-refractivity contribution in [2.45, 2.75) is 32.2 Å². The Morgan fingerprint density at radius 1 is 1.24 bits per heavy atom. The van der Waals surface area contributed by atoms with Crippen LogP contribution in [0.3, 0.4) is 0 Å². The molecule has 0 saturated carbocycles. The Balaban J connectivity index is 1.96. The SMILES string of the molecule is Cc1cccc(-n2ccc(C3C(=O)NC(C)(C)C3=O)n2)c1. The van der Waals surface area contributed by atoms with Crippen molar-refractivity contribution in [2.75, 3.05) is 0 Å². The number of carbonyl (C=O) groups is 2. The number of carbonyl (C=O) groups excluding carboxylic acids is 2. The number of aromatic nitrogens is 2. The number of ketones is 1. The summed E-state index contributed by atoms with van der Waals surface area (Å²) in [5.41, 5.74) is 1.70. The van der Waals surface area contributed by atoms with Crippen molar-refractivity contribution in [1.29, 1.82) is 0 Å². The average Bonchev–Trinajstić information content (AvgIpc) is 2.94. The first-order chi connectivity index (χ1) is 9.88. The van der Waals surface area contributed by atoms with Gasteiger partial charge in [0.2, 0.25) is 5.91 Å². The van der Waals surface area contributed by atoms with Gasteiger partial charge in [-0.05, 0) is 44.5 Å². The van der Waals surface area contributed by atoms with Crippen LogP contribution < -0.4 is 5.32 Å². The Kier molecular flexibility index (Phi) is 2.93. The van der Waals surface area contributed by atoms with Crippen LogP contribution in [0.2, 0.25) is 0 Å². The molecule has 1 saturated heterocycles. The second-order valence-electron chi connectivity index (χ2n) is 5.94. The van der Waals surface area contributed by atoms with E-state index in [1.165, 1.54) is 0 Å². The molecule has 0 bridgehead atoms. The van der Waals surface area contributed by atoms with Gasteiger partial charge in [-0.2, -0.15) is 5.10 Å². The van der Waals surface area contributed by atoms with Crippen LogP contribution in [-0.4, -0.2) is 27.0 Å². The minimum Gasteiger partial charge on any atom is -0.343 e. The molecule has 2 heterocycles. The second kappa shape index (κ2) is 4.55. The number of nitrogens with one attached hydrogen (secondary N) is 1. The maximum atomic E-state index is 12.3. The van der Waals surface area contributed by atoms with E-state index in [-0.39, 0.29) is 11.7 Å². The summed E-state index contributed by atoms with van der Waals surface area (Å²) >= 11 is 0. The van der Waals surface area contributed by atoms with Crippen LogP contribution in [0.5, 0.6) is 0 Å². The van der Waals surface area contributed by atoms with E-state index in [0.717, 1.165) is 11.3 Å². The van der Waals surface area contributed by atoms with Gasteiger partial charge in [-0.25, -0.2) is 4.68 Å². The molecule has 0 spiro atoms. The molecule has 1 fully saturated rings. The van der Waals surface area contributed by atoms with E-state index in [2.05, 4.69) is 10.4 Å². The first-order valence-electron chi connectivity index (χ1n) is 6.87. The summed E-state index contributed by atoms with van der Waals surface area (Å²) in [6, 6.07) is 9.61. The van der Waals surface area contributed by atoms with Gasteiger partial charge in [0.25, 0.3) is 0 Å². The Bertz CT molecular complexity index is 731. The summed E-state index contributed by atoms with van der Waals surface area (Å²) in [5, 5.41) is 7.12. The molecule has 0 radical (unpaired) electrons. The Morgan fingerprint density at radius 2 is 2.00 bits per heavy atom. The third kappa shape index (κ3) is 2.24. The number of rotatable bonds is 2. The molecule has 1 aliphatic rings. The third-order valence-corrected chi connectivity index (χ3v) is 3.75. The molecular formula is C16H17N3O2. The molecule has 108 valence electrons. The molecular weight excluding hydrogens is 266 g/mol. The van der Waals surface area contributed by atoms with Crippen LogP contribution in [0.25, 0.3) is 5.69 Å². The molecule has 1 aromatic heterocycles. The lowest BCUT2D eigenvalue weighted by Crippen LogP contribution is -2.39. The lowest BCUT2D eigenvalue weighted by atomic mass is 9.93. The van der Waals surface area contributed by atoms with Gasteiger partial charge < -0.3 is 5.32 Å². The first-order valence-corrected chi connectivity index (χ1v) is 6.87. The third-order valence-electron chi connectivity index (χ3n) is 3.75. The summed E-state index contributed by atoms with van der Waals surface area (Å²) < 4.78 is 1.69. The smallest absolute Gasteiger partial charge is 0.237 e. The molecule has 1 aromatic carbocycles. The number of Topliss-reactive ketones (excluding diaryl/α,β-unsaturated/α-hetero) is 1. The van der Waals surface area contributed by atoms with Crippen molar-refractivity contribution in [2.24, 2.45) is 0 Å². The molecule has 21 heavy (non-hydrogen) atoms. The minimum absolute atomic E-state index is 0.137. The molecule has 1 N–H and O–H groups in total. The maximum Gasteiger partial charge on any atom is 0.237 e. The van der Waals surface area contributed by atoms with E-state index in [9.17, 15) is 9.59 Å². The van der Waals surface area contributed by atoms with Crippen LogP contribution in [0.4, 0.5) is 0 Å². The van der Waals surface area contributed by atoms with E-state index in [1.807, 2.05) is 31.2 Å². The molecule has 3 rings (SSSR count). The fraction of sp³-hybridized carbons (Fsp3) is 0.312. The minimum atomic E-state index is -0.825. The Hall–Kier alpha value is -2.43. The zero-order valence-electron chi connectivity index (χ0n) is 12.3. The van der Waals surface area contributed by atoms with Gasteiger partial charge in [0, 0.05) is 6.20 Å². The van der Waals surface area contributed by atoms with Crippen LogP contribution in [0.15, 0.2) is 36.5 Å². The van der Waals surface area contributed by atoms with E-state index in [1.54, 1.807) is 30.8 Å². The summed E-state index contributed by atoms with van der Waals surface area (Å²) in [5.74, 6) is -1.23. The summed E-state index contributed by atoms with van der Waals surface area (Å²) in [7, 11) is 0. The number of hydrogen-bond acceptors (Lipinski definition) is 3. The van der Waals surface area contributed by atoms with E-state index in [4.69, 9.17) is 0 Å². The van der Waals surface area contributed by atoms with Gasteiger partial charge in [-0.15, -0.1) is 0 Å². The zero-order chi connectivity index (χ0) is 15.2. The lowest BCUT2D eigenvalue weighted by Gasteiger charge is -2.14. The monoisotopic (exact) mass is 283 g/mol. The largest absolute Gasteiger partial charge is 0.343 e. The van der Waals surface area contributed by atoms with Crippen molar-refractivity contribution in [1.82, 2.24) is 15.1 Å². The lowest BCUT2D eigenvalue weighted by molar-refractivity contribution is -0.125. The first kappa shape index (κ1) is 13.5. The van der Waals surface area contributed by atoms with E-state index in [0.29, 0.717) is 5.69 Å². The quantitative estimate of drug-likeness (QED) is 0.854. The molecule has 1 aliphatic heterocycles. The molecule has 1 unspecified atom stereocenters. The highest BCUT2D eigenvalue weighted by molar-refractivity contribution is 6.16. The number of aryl methyl sites for hydroxylation is 1. The number of nitrogens with zero attached hydrogens (tertiary/aromatic N) is 2. The van der Waals surface area contributed by atoms with Crippen molar-refractivity contribution < 1.29 is 9.59 Å². The van der Waals surface area contributed by atoms with Crippen molar-refractivity contribution in [3.63, 3.8) is 0 Å². The Morgan fingerprint density at radius 3 is 2.62 bits per heavy atom. The van der Waals surface area contributed by atoms with Gasteiger partial charge in [0.1, 0.15) is 5.92 Å². The highest BCUT2D eigenvalue weighted by Crippen LogP contribution is 2.28. The van der Waals surface area contributed by atoms with Crippen LogP contribution in [-0.2, 0) is 9.59 Å². The maximum absolute atomic E-state index is 12.3. The number of amides is 1. The molecule has 1 atom stereocenters. The van der Waals surface area contributed by atoms with E-state index < -0.39 is 11.5 Å². The van der Waals surface area contributed by atoms with Crippen LogP contribution in [0.1, 0.15) is 31.0 Å². The summed E-state index contributed by atoms with van der Waals surface area (Å²) in [6.45, 7) is 5.43. The van der Waals surface area contributed by atoms with Crippen molar-refractivity contribution in [3.05, 3.63) is 47.8 Å². The highest BCUT2D eigenvalue weighted by atomic mass is 16.2. The highest BCUT2D eigenvalue weighted by Gasteiger charge is 2.48. The van der Waals surface area contributed by atoms with E-state index >= 15 is 0 Å². The van der Waals surface area contributed by atoms with Gasteiger partial charge in [0.15, 0.2) is 5.78 Å². The van der Waals surface area contributed by atoms with Crippen molar-refractivity contribution >= 4 is 11.7 Å². The summed E-state index contributed by atoms with van der Waals surface area (Å²) in [4.78, 5) is 24.3. The van der Waals surface area contributed by atoms with Gasteiger partial charge in [-0.1, -0.05) is 12.1 Å². The zero-order valence-corrected chi connectivity index (χ0v) is 12.3. The predicted octanol–water partition coefficient (Wildman–Crippen LogP) is 1.74. The fourth-order valence-corrected chi connectivity index (χ4v) is 2.60. The number of benzene rings is 1. The number of hydrogen-bond donors (Lipinski definition) is 1. The summed E-state index contributed by atoms with van der Waals surface area (Å²) in [6.07, 6.45) is 1.77. The normalized spacial score (nSPS) is 20.6. The molecule has 5 heteroatoms. The second-order valence-corrected chi connectivity index (χ2v) is 5.94. The van der Waals surface area contributed by atoms with Crippen LogP contribution in [0, 0.1) is 6.92 Å². The molecule has 1 amide bonds. The van der Waals surface area contributed by atoms with Crippen LogP contribution >= 0.6 is 0 Å². The molecule has 0 aliphatic carbocycles. The topological polar surface area (TPSA) is 64.0 Å². The standard InChI is InChI=1S/C16H17N3O2/c1-10-5-4-6-11(9-10)19-8-7-12(18-19)13-14(20)16(2,3)17-15(13)21/h4-9,13H,1-3H3,(H,17,21). The fourth-order valence-electron chi connectivity index (χ4n) is 2.60. The van der Waals surface area contributed by atoms with Gasteiger partial charge >= 0.3 is 0 Å². The van der Waals surface area contributed by atoms with Gasteiger partial charge in [-0.3, -0.25) is 9.59 Å². The average molecular weight is 283 g/mol. The molecule has 5 nitrogen and oxygen atoms in total. The molecule has 2 aromatic rings.